The van der Waals surface area contributed by atoms with Gasteiger partial charge in [0.25, 0.3) is 0 Å². The van der Waals surface area contributed by atoms with Gasteiger partial charge in [-0.2, -0.15) is 5.26 Å². The minimum absolute atomic E-state index is 0.0755. The highest BCUT2D eigenvalue weighted by Gasteiger charge is 2.31. The molecule has 0 radical (unpaired) electrons. The topological polar surface area (TPSA) is 44.1 Å². The Morgan fingerprint density at radius 2 is 2.35 bits per heavy atom. The molecule has 2 rings (SSSR count). The number of amides is 1. The maximum Gasteiger partial charge on any atom is 0.231 e. The summed E-state index contributed by atoms with van der Waals surface area (Å²) < 4.78 is 0. The molecule has 0 aromatic heterocycles. The summed E-state index contributed by atoms with van der Waals surface area (Å²) in [6, 6.07) is 10.1. The van der Waals surface area contributed by atoms with Crippen molar-refractivity contribution in [1.29, 1.82) is 5.26 Å². The second-order valence-corrected chi connectivity index (χ2v) is 4.97. The van der Waals surface area contributed by atoms with Crippen LogP contribution in [0, 0.1) is 11.3 Å². The Kier molecular flexibility index (Phi) is 3.70. The van der Waals surface area contributed by atoms with Gasteiger partial charge in [-0.3, -0.25) is 4.79 Å². The molecule has 1 heterocycles. The molecule has 88 valence electrons. The Morgan fingerprint density at radius 3 is 3.06 bits per heavy atom. The van der Waals surface area contributed by atoms with Gasteiger partial charge in [-0.25, -0.2) is 0 Å². The largest absolute Gasteiger partial charge is 0.329 e. The van der Waals surface area contributed by atoms with E-state index in [9.17, 15) is 4.79 Å². The number of likely N-dealkylation sites (N-methyl/N-ethyl adjacent to an activating group) is 1. The van der Waals surface area contributed by atoms with E-state index in [1.54, 1.807) is 16.7 Å². The summed E-state index contributed by atoms with van der Waals surface area (Å²) in [5.41, 5.74) is 1.11. The third kappa shape index (κ3) is 2.29. The molecule has 0 saturated heterocycles. The minimum Gasteiger partial charge on any atom is -0.329 e. The molecule has 0 aliphatic carbocycles. The summed E-state index contributed by atoms with van der Waals surface area (Å²) in [4.78, 5) is 15.1. The lowest BCUT2D eigenvalue weighted by Gasteiger charge is -2.21. The van der Waals surface area contributed by atoms with Gasteiger partial charge in [0.15, 0.2) is 0 Å². The average Bonchev–Trinajstić information content (AvgIpc) is 2.79. The number of thioether (sulfide) groups is 1. The van der Waals surface area contributed by atoms with Crippen LogP contribution in [0.25, 0.3) is 0 Å². The summed E-state index contributed by atoms with van der Waals surface area (Å²) in [5.74, 6) is 0.788. The number of hydrogen-bond acceptors (Lipinski definition) is 3. The molecule has 1 atom stereocenters. The molecule has 1 amide bonds. The highest BCUT2D eigenvalue weighted by Crippen LogP contribution is 2.40. The third-order valence-corrected chi connectivity index (χ3v) is 4.14. The number of nitriles is 1. The molecular weight excluding hydrogens is 232 g/mol. The zero-order valence-corrected chi connectivity index (χ0v) is 10.5. The molecule has 1 aliphatic rings. The van der Waals surface area contributed by atoms with E-state index in [1.165, 1.54) is 4.90 Å². The second-order valence-electron chi connectivity index (χ2n) is 3.91. The van der Waals surface area contributed by atoms with Crippen molar-refractivity contribution < 1.29 is 4.79 Å². The monoisotopic (exact) mass is 246 g/mol. The maximum absolute atomic E-state index is 12.3. The van der Waals surface area contributed by atoms with Crippen molar-refractivity contribution in [2.75, 3.05) is 18.8 Å². The first-order chi connectivity index (χ1) is 8.27. The van der Waals surface area contributed by atoms with Gasteiger partial charge < -0.3 is 4.90 Å². The first-order valence-corrected chi connectivity index (χ1v) is 6.64. The molecule has 17 heavy (non-hydrogen) atoms. The molecule has 0 bridgehead atoms. The van der Waals surface area contributed by atoms with Gasteiger partial charge in [0.1, 0.15) is 6.54 Å². The fourth-order valence-corrected chi connectivity index (χ4v) is 3.24. The molecule has 1 aromatic carbocycles. The molecular formula is C13H14N2OS. The fourth-order valence-electron chi connectivity index (χ4n) is 2.02. The first-order valence-electron chi connectivity index (χ1n) is 5.65. The van der Waals surface area contributed by atoms with Crippen molar-refractivity contribution in [3.63, 3.8) is 0 Å². The lowest BCUT2D eigenvalue weighted by molar-refractivity contribution is -0.131. The van der Waals surface area contributed by atoms with Gasteiger partial charge in [-0.15, -0.1) is 11.8 Å². The number of carbonyl (C=O) groups excluding carboxylic acids is 1. The zero-order valence-electron chi connectivity index (χ0n) is 9.72. The highest BCUT2D eigenvalue weighted by atomic mass is 32.2. The van der Waals surface area contributed by atoms with Crippen LogP contribution >= 0.6 is 11.8 Å². The fraction of sp³-hybridized carbons (Fsp3) is 0.385. The Bertz CT molecular complexity index is 467. The van der Waals surface area contributed by atoms with Crippen LogP contribution < -0.4 is 0 Å². The van der Waals surface area contributed by atoms with Gasteiger partial charge in [0.2, 0.25) is 5.91 Å². The number of carbonyl (C=O) groups is 1. The minimum atomic E-state index is -0.0792. The smallest absolute Gasteiger partial charge is 0.231 e. The van der Waals surface area contributed by atoms with E-state index >= 15 is 0 Å². The molecule has 1 aliphatic heterocycles. The van der Waals surface area contributed by atoms with E-state index in [4.69, 9.17) is 5.26 Å². The predicted octanol–water partition coefficient (Wildman–Crippen LogP) is 2.25. The Labute approximate surface area is 105 Å². The van der Waals surface area contributed by atoms with E-state index < -0.39 is 0 Å². The second kappa shape index (κ2) is 5.24. The quantitative estimate of drug-likeness (QED) is 0.768. The zero-order chi connectivity index (χ0) is 12.3. The normalized spacial score (nSPS) is 17.3. The van der Waals surface area contributed by atoms with Crippen molar-refractivity contribution >= 4 is 17.7 Å². The van der Waals surface area contributed by atoms with Gasteiger partial charge in [0, 0.05) is 17.2 Å². The molecule has 0 spiro atoms. The van der Waals surface area contributed by atoms with Crippen LogP contribution in [-0.2, 0) is 4.79 Å². The molecule has 1 unspecified atom stereocenters. The average molecular weight is 246 g/mol. The summed E-state index contributed by atoms with van der Waals surface area (Å²) in [6.45, 7) is 2.68. The van der Waals surface area contributed by atoms with E-state index in [0.29, 0.717) is 6.54 Å². The van der Waals surface area contributed by atoms with Crippen molar-refractivity contribution in [2.24, 2.45) is 0 Å². The molecule has 0 saturated carbocycles. The Hall–Kier alpha value is -1.47. The van der Waals surface area contributed by atoms with E-state index in [0.717, 1.165) is 11.3 Å². The van der Waals surface area contributed by atoms with Gasteiger partial charge >= 0.3 is 0 Å². The third-order valence-electron chi connectivity index (χ3n) is 2.95. The van der Waals surface area contributed by atoms with Crippen molar-refractivity contribution in [3.05, 3.63) is 29.8 Å². The molecule has 0 N–H and O–H groups in total. The summed E-state index contributed by atoms with van der Waals surface area (Å²) in [7, 11) is 0. The van der Waals surface area contributed by atoms with Gasteiger partial charge in [-0.05, 0) is 18.6 Å². The molecule has 0 fully saturated rings. The van der Waals surface area contributed by atoms with Crippen LogP contribution in [0.4, 0.5) is 0 Å². The standard InChI is InChI=1S/C13H14N2OS/c1-2-15(8-7-14)13(16)11-9-17-12-6-4-3-5-10(11)12/h3-6,11H,2,8-9H2,1H3. The Morgan fingerprint density at radius 1 is 1.59 bits per heavy atom. The number of nitrogens with zero attached hydrogens (tertiary/aromatic N) is 2. The SMILES string of the molecule is CCN(CC#N)C(=O)C1CSc2ccccc21. The summed E-state index contributed by atoms with van der Waals surface area (Å²) >= 11 is 1.72. The number of benzene rings is 1. The molecule has 4 heteroatoms. The number of hydrogen-bond donors (Lipinski definition) is 0. The maximum atomic E-state index is 12.3. The van der Waals surface area contributed by atoms with Gasteiger partial charge in [0.05, 0.1) is 12.0 Å². The molecule has 1 aromatic rings. The first kappa shape index (κ1) is 12.0. The van der Waals surface area contributed by atoms with E-state index in [1.807, 2.05) is 37.3 Å². The van der Waals surface area contributed by atoms with Crippen molar-refractivity contribution in [3.8, 4) is 6.07 Å². The van der Waals surface area contributed by atoms with E-state index in [2.05, 4.69) is 0 Å². The summed E-state index contributed by atoms with van der Waals surface area (Å²) in [6.07, 6.45) is 0. The number of fused-ring (bicyclic) bond motifs is 1. The lowest BCUT2D eigenvalue weighted by Crippen LogP contribution is -2.35. The van der Waals surface area contributed by atoms with E-state index in [-0.39, 0.29) is 18.4 Å². The van der Waals surface area contributed by atoms with Gasteiger partial charge in [-0.1, -0.05) is 18.2 Å². The van der Waals surface area contributed by atoms with Crippen LogP contribution in [0.5, 0.6) is 0 Å². The van der Waals surface area contributed by atoms with Crippen molar-refractivity contribution in [1.82, 2.24) is 4.90 Å². The molecule has 3 nitrogen and oxygen atoms in total. The van der Waals surface area contributed by atoms with Crippen LogP contribution in [0.15, 0.2) is 29.2 Å². The van der Waals surface area contributed by atoms with Crippen LogP contribution in [0.3, 0.4) is 0 Å². The predicted molar refractivity (Wildman–Crippen MR) is 67.8 cm³/mol. The Balaban J connectivity index is 2.20. The summed E-state index contributed by atoms with van der Waals surface area (Å²) in [5, 5.41) is 8.71. The van der Waals surface area contributed by atoms with Crippen LogP contribution in [0.2, 0.25) is 0 Å². The number of rotatable bonds is 3. The lowest BCUT2D eigenvalue weighted by atomic mass is 10.00. The highest BCUT2D eigenvalue weighted by molar-refractivity contribution is 7.99. The van der Waals surface area contributed by atoms with Crippen LogP contribution in [0.1, 0.15) is 18.4 Å². The van der Waals surface area contributed by atoms with Crippen molar-refractivity contribution in [2.45, 2.75) is 17.7 Å². The van der Waals surface area contributed by atoms with Crippen LogP contribution in [-0.4, -0.2) is 29.6 Å².